The van der Waals surface area contributed by atoms with Crippen LogP contribution in [0.4, 0.5) is 8.78 Å². The lowest BCUT2D eigenvalue weighted by Gasteiger charge is -2.27. The summed E-state index contributed by atoms with van der Waals surface area (Å²) in [6.07, 6.45) is 0. The molecule has 2 atom stereocenters. The topological polar surface area (TPSA) is 46.3 Å². The standard InChI is InChI=1S/C15H16F2N2OS/c1-9(10-5-6-11(16)12(17)8-10)19(2)15(20)14(18)13-4-3-7-21-13/h3-9,14H,18H2,1-2H3. The second kappa shape index (κ2) is 6.32. The minimum Gasteiger partial charge on any atom is -0.337 e. The molecule has 2 N–H and O–H groups in total. The van der Waals surface area contributed by atoms with E-state index in [1.165, 1.54) is 22.3 Å². The SMILES string of the molecule is CC(c1ccc(F)c(F)c1)N(C)C(=O)C(N)c1cccs1. The lowest BCUT2D eigenvalue weighted by atomic mass is 10.1. The van der Waals surface area contributed by atoms with Gasteiger partial charge in [-0.3, -0.25) is 4.79 Å². The number of nitrogens with two attached hydrogens (primary N) is 1. The van der Waals surface area contributed by atoms with E-state index in [0.717, 1.165) is 17.0 Å². The van der Waals surface area contributed by atoms with E-state index in [1.807, 2.05) is 11.4 Å². The Morgan fingerprint density at radius 1 is 1.29 bits per heavy atom. The monoisotopic (exact) mass is 310 g/mol. The fourth-order valence-electron chi connectivity index (χ4n) is 2.00. The average Bonchev–Trinajstić information content (AvgIpc) is 3.01. The molecule has 0 bridgehead atoms. The van der Waals surface area contributed by atoms with Crippen LogP contribution in [0.1, 0.15) is 29.4 Å². The van der Waals surface area contributed by atoms with Crippen molar-refractivity contribution in [2.24, 2.45) is 5.73 Å². The molecule has 112 valence electrons. The number of hydrogen-bond donors (Lipinski definition) is 1. The van der Waals surface area contributed by atoms with Gasteiger partial charge in [-0.05, 0) is 36.1 Å². The first-order chi connectivity index (χ1) is 9.91. The van der Waals surface area contributed by atoms with E-state index in [1.54, 1.807) is 20.0 Å². The van der Waals surface area contributed by atoms with Gasteiger partial charge in [0, 0.05) is 11.9 Å². The van der Waals surface area contributed by atoms with Gasteiger partial charge in [0.15, 0.2) is 11.6 Å². The van der Waals surface area contributed by atoms with Crippen LogP contribution in [-0.2, 0) is 4.79 Å². The number of nitrogens with zero attached hydrogens (tertiary/aromatic N) is 1. The Balaban J connectivity index is 2.16. The quantitative estimate of drug-likeness (QED) is 0.942. The minimum absolute atomic E-state index is 0.269. The number of hydrogen-bond acceptors (Lipinski definition) is 3. The zero-order valence-electron chi connectivity index (χ0n) is 11.7. The Morgan fingerprint density at radius 2 is 2.00 bits per heavy atom. The Morgan fingerprint density at radius 3 is 2.57 bits per heavy atom. The number of carbonyl (C=O) groups excluding carboxylic acids is 1. The molecule has 2 rings (SSSR count). The number of amides is 1. The van der Waals surface area contributed by atoms with Gasteiger partial charge in [0.2, 0.25) is 5.91 Å². The van der Waals surface area contributed by atoms with Crippen molar-refractivity contribution in [2.45, 2.75) is 19.0 Å². The molecule has 3 nitrogen and oxygen atoms in total. The van der Waals surface area contributed by atoms with Crippen LogP contribution in [0, 0.1) is 11.6 Å². The normalized spacial score (nSPS) is 13.8. The first-order valence-corrected chi connectivity index (χ1v) is 7.30. The molecule has 0 saturated heterocycles. The summed E-state index contributed by atoms with van der Waals surface area (Å²) >= 11 is 1.41. The van der Waals surface area contributed by atoms with E-state index in [-0.39, 0.29) is 5.91 Å². The maximum Gasteiger partial charge on any atom is 0.245 e. The number of thiophene rings is 1. The predicted octanol–water partition coefficient (Wildman–Crippen LogP) is 3.25. The summed E-state index contributed by atoms with van der Waals surface area (Å²) in [6.45, 7) is 1.74. The van der Waals surface area contributed by atoms with E-state index >= 15 is 0 Å². The largest absolute Gasteiger partial charge is 0.337 e. The molecular weight excluding hydrogens is 294 g/mol. The van der Waals surface area contributed by atoms with Gasteiger partial charge in [0.25, 0.3) is 0 Å². The molecule has 0 spiro atoms. The smallest absolute Gasteiger partial charge is 0.245 e. The highest BCUT2D eigenvalue weighted by Gasteiger charge is 2.25. The summed E-state index contributed by atoms with van der Waals surface area (Å²) in [5.41, 5.74) is 6.46. The van der Waals surface area contributed by atoms with Crippen LogP contribution in [0.25, 0.3) is 0 Å². The van der Waals surface area contributed by atoms with Crippen molar-refractivity contribution in [1.29, 1.82) is 0 Å². The maximum atomic E-state index is 13.3. The summed E-state index contributed by atoms with van der Waals surface area (Å²) in [4.78, 5) is 14.6. The number of halogens is 2. The van der Waals surface area contributed by atoms with Gasteiger partial charge < -0.3 is 10.6 Å². The molecule has 0 aliphatic heterocycles. The van der Waals surface area contributed by atoms with E-state index < -0.39 is 23.7 Å². The predicted molar refractivity (Wildman–Crippen MR) is 78.8 cm³/mol. The Hall–Kier alpha value is -1.79. The van der Waals surface area contributed by atoms with E-state index in [4.69, 9.17) is 5.73 Å². The first kappa shape index (κ1) is 15.6. The zero-order valence-corrected chi connectivity index (χ0v) is 12.5. The van der Waals surface area contributed by atoms with Crippen molar-refractivity contribution in [3.8, 4) is 0 Å². The minimum atomic E-state index is -0.928. The van der Waals surface area contributed by atoms with Crippen molar-refractivity contribution in [1.82, 2.24) is 4.90 Å². The Kier molecular flexibility index (Phi) is 4.69. The lowest BCUT2D eigenvalue weighted by Crippen LogP contribution is -2.37. The summed E-state index contributed by atoms with van der Waals surface area (Å²) < 4.78 is 26.2. The van der Waals surface area contributed by atoms with E-state index in [2.05, 4.69) is 0 Å². The van der Waals surface area contributed by atoms with Gasteiger partial charge in [-0.1, -0.05) is 12.1 Å². The molecule has 1 heterocycles. The van der Waals surface area contributed by atoms with Crippen LogP contribution in [0.5, 0.6) is 0 Å². The molecule has 0 radical (unpaired) electrons. The lowest BCUT2D eigenvalue weighted by molar-refractivity contribution is -0.133. The molecular formula is C15H16F2N2OS. The molecule has 21 heavy (non-hydrogen) atoms. The summed E-state index contributed by atoms with van der Waals surface area (Å²) in [5.74, 6) is -2.10. The van der Waals surface area contributed by atoms with Crippen molar-refractivity contribution in [2.75, 3.05) is 7.05 Å². The summed E-state index contributed by atoms with van der Waals surface area (Å²) in [5, 5.41) is 1.85. The fraction of sp³-hybridized carbons (Fsp3) is 0.267. The van der Waals surface area contributed by atoms with Crippen LogP contribution in [0.2, 0.25) is 0 Å². The Labute approximate surface area is 126 Å². The molecule has 0 saturated carbocycles. The zero-order chi connectivity index (χ0) is 15.6. The molecule has 2 unspecified atom stereocenters. The van der Waals surface area contributed by atoms with Crippen molar-refractivity contribution in [3.05, 3.63) is 57.8 Å². The highest BCUT2D eigenvalue weighted by molar-refractivity contribution is 7.10. The third-order valence-electron chi connectivity index (χ3n) is 3.47. The molecule has 0 fully saturated rings. The van der Waals surface area contributed by atoms with Crippen molar-refractivity contribution in [3.63, 3.8) is 0 Å². The fourth-order valence-corrected chi connectivity index (χ4v) is 2.71. The molecule has 6 heteroatoms. The molecule has 1 aromatic carbocycles. The van der Waals surface area contributed by atoms with Crippen LogP contribution >= 0.6 is 11.3 Å². The van der Waals surface area contributed by atoms with E-state index in [9.17, 15) is 13.6 Å². The first-order valence-electron chi connectivity index (χ1n) is 6.42. The number of likely N-dealkylation sites (N-methyl/N-ethyl adjacent to an activating group) is 1. The van der Waals surface area contributed by atoms with Crippen LogP contribution < -0.4 is 5.73 Å². The molecule has 2 aromatic rings. The van der Waals surface area contributed by atoms with Gasteiger partial charge >= 0.3 is 0 Å². The van der Waals surface area contributed by atoms with Gasteiger partial charge in [0.05, 0.1) is 6.04 Å². The second-order valence-electron chi connectivity index (χ2n) is 4.79. The van der Waals surface area contributed by atoms with Crippen molar-refractivity contribution < 1.29 is 13.6 Å². The third kappa shape index (κ3) is 3.28. The molecule has 0 aliphatic carbocycles. The number of rotatable bonds is 4. The van der Waals surface area contributed by atoms with Gasteiger partial charge in [-0.15, -0.1) is 11.3 Å². The Bertz CT molecular complexity index is 631. The van der Waals surface area contributed by atoms with Gasteiger partial charge in [0.1, 0.15) is 6.04 Å². The summed E-state index contributed by atoms with van der Waals surface area (Å²) in [7, 11) is 1.60. The second-order valence-corrected chi connectivity index (χ2v) is 5.77. The van der Waals surface area contributed by atoms with Crippen molar-refractivity contribution >= 4 is 17.2 Å². The van der Waals surface area contributed by atoms with E-state index in [0.29, 0.717) is 5.56 Å². The molecule has 0 aliphatic rings. The van der Waals surface area contributed by atoms with Crippen LogP contribution in [0.15, 0.2) is 35.7 Å². The average molecular weight is 310 g/mol. The number of carbonyl (C=O) groups is 1. The highest BCUT2D eigenvalue weighted by Crippen LogP contribution is 2.25. The third-order valence-corrected chi connectivity index (χ3v) is 4.43. The maximum absolute atomic E-state index is 13.3. The van der Waals surface area contributed by atoms with Gasteiger partial charge in [-0.2, -0.15) is 0 Å². The molecule has 1 amide bonds. The summed E-state index contributed by atoms with van der Waals surface area (Å²) in [6, 6.07) is 6.08. The van der Waals surface area contributed by atoms with Gasteiger partial charge in [-0.25, -0.2) is 8.78 Å². The van der Waals surface area contributed by atoms with Crippen LogP contribution in [0.3, 0.4) is 0 Å². The highest BCUT2D eigenvalue weighted by atomic mass is 32.1. The number of benzene rings is 1. The van der Waals surface area contributed by atoms with Crippen LogP contribution in [-0.4, -0.2) is 17.9 Å². The molecule has 1 aromatic heterocycles.